The number of nitrogens with one attached hydrogen (secondary N) is 1. The van der Waals surface area contributed by atoms with E-state index in [1.807, 2.05) is 26.0 Å². The van der Waals surface area contributed by atoms with E-state index >= 15 is 0 Å². The van der Waals surface area contributed by atoms with Crippen molar-refractivity contribution in [3.8, 4) is 5.95 Å². The molecule has 0 radical (unpaired) electrons. The Kier molecular flexibility index (Phi) is 3.49. The maximum Gasteiger partial charge on any atom is 0.258 e. The van der Waals surface area contributed by atoms with Gasteiger partial charge in [-0.25, -0.2) is 4.98 Å². The van der Waals surface area contributed by atoms with Crippen molar-refractivity contribution in [1.29, 1.82) is 0 Å². The highest BCUT2D eigenvalue weighted by Crippen LogP contribution is 2.18. The van der Waals surface area contributed by atoms with Crippen LogP contribution < -0.4 is 5.32 Å². The minimum Gasteiger partial charge on any atom is -0.324 e. The van der Waals surface area contributed by atoms with E-state index in [1.54, 1.807) is 0 Å². The summed E-state index contributed by atoms with van der Waals surface area (Å²) in [6, 6.07) is 6.09. The lowest BCUT2D eigenvalue weighted by atomic mass is 10.1. The lowest BCUT2D eigenvalue weighted by Gasteiger charge is -2.08. The molecule has 21 heavy (non-hydrogen) atoms. The quantitative estimate of drug-likeness (QED) is 0.800. The maximum absolute atomic E-state index is 5.93. The van der Waals surface area contributed by atoms with Gasteiger partial charge >= 0.3 is 0 Å². The standard InChI is InChI=1S/C13H12ClN7/c1-8-3-9(2)5-10(4-8)17-12-18-11(14)19-13(20-12)21-7-15-6-16-21/h3-7H,1-2H3,(H,17,18,19,20). The van der Waals surface area contributed by atoms with Gasteiger partial charge in [0.05, 0.1) is 0 Å². The lowest BCUT2D eigenvalue weighted by Crippen LogP contribution is -2.07. The molecule has 0 aliphatic carbocycles. The average molecular weight is 302 g/mol. The summed E-state index contributed by atoms with van der Waals surface area (Å²) in [5, 5.41) is 7.18. The van der Waals surface area contributed by atoms with E-state index in [1.165, 1.54) is 17.3 Å². The van der Waals surface area contributed by atoms with E-state index in [9.17, 15) is 0 Å². The third kappa shape index (κ3) is 3.14. The molecular formula is C13H12ClN7. The zero-order chi connectivity index (χ0) is 14.8. The van der Waals surface area contributed by atoms with Crippen LogP contribution in [-0.2, 0) is 0 Å². The molecule has 0 atom stereocenters. The Labute approximate surface area is 126 Å². The first-order chi connectivity index (χ1) is 10.1. The Morgan fingerprint density at radius 3 is 2.48 bits per heavy atom. The first-order valence-corrected chi connectivity index (χ1v) is 6.60. The van der Waals surface area contributed by atoms with Gasteiger partial charge in [-0.15, -0.1) is 0 Å². The number of aryl methyl sites for hydroxylation is 2. The number of anilines is 2. The second kappa shape index (κ2) is 5.45. The van der Waals surface area contributed by atoms with Gasteiger partial charge in [-0.1, -0.05) is 6.07 Å². The van der Waals surface area contributed by atoms with E-state index < -0.39 is 0 Å². The van der Waals surface area contributed by atoms with Gasteiger partial charge in [-0.3, -0.25) is 0 Å². The van der Waals surface area contributed by atoms with Crippen molar-refractivity contribution in [2.24, 2.45) is 0 Å². The van der Waals surface area contributed by atoms with Crippen molar-refractivity contribution in [3.05, 3.63) is 47.3 Å². The molecule has 2 heterocycles. The van der Waals surface area contributed by atoms with Crippen molar-refractivity contribution in [2.75, 3.05) is 5.32 Å². The van der Waals surface area contributed by atoms with E-state index in [4.69, 9.17) is 11.6 Å². The molecule has 0 spiro atoms. The summed E-state index contributed by atoms with van der Waals surface area (Å²) < 4.78 is 1.42. The molecule has 7 nitrogen and oxygen atoms in total. The highest BCUT2D eigenvalue weighted by molar-refractivity contribution is 6.28. The summed E-state index contributed by atoms with van der Waals surface area (Å²) in [5.74, 6) is 0.657. The van der Waals surface area contributed by atoms with Crippen LogP contribution in [0.2, 0.25) is 5.28 Å². The number of hydrogen-bond donors (Lipinski definition) is 1. The summed E-state index contributed by atoms with van der Waals surface area (Å²) in [7, 11) is 0. The number of hydrogen-bond acceptors (Lipinski definition) is 6. The fraction of sp³-hybridized carbons (Fsp3) is 0.154. The van der Waals surface area contributed by atoms with Gasteiger partial charge in [0.15, 0.2) is 0 Å². The van der Waals surface area contributed by atoms with Crippen molar-refractivity contribution in [1.82, 2.24) is 29.7 Å². The maximum atomic E-state index is 5.93. The van der Waals surface area contributed by atoms with Crippen LogP contribution in [-0.4, -0.2) is 29.7 Å². The van der Waals surface area contributed by atoms with Gasteiger partial charge in [0, 0.05) is 5.69 Å². The van der Waals surface area contributed by atoms with E-state index in [2.05, 4.69) is 36.4 Å². The first kappa shape index (κ1) is 13.4. The van der Waals surface area contributed by atoms with Crippen LogP contribution in [0.1, 0.15) is 11.1 Å². The van der Waals surface area contributed by atoms with E-state index in [0.29, 0.717) is 11.9 Å². The third-order valence-corrected chi connectivity index (χ3v) is 2.87. The molecular weight excluding hydrogens is 290 g/mol. The van der Waals surface area contributed by atoms with Gasteiger partial charge in [-0.05, 0) is 48.7 Å². The molecule has 0 aliphatic heterocycles. The minimum absolute atomic E-state index is 0.0855. The fourth-order valence-corrected chi connectivity index (χ4v) is 2.14. The Balaban J connectivity index is 1.95. The molecule has 0 fully saturated rings. The Morgan fingerprint density at radius 1 is 1.05 bits per heavy atom. The lowest BCUT2D eigenvalue weighted by molar-refractivity contribution is 0.796. The van der Waals surface area contributed by atoms with Gasteiger partial charge in [0.2, 0.25) is 11.2 Å². The molecule has 1 aromatic carbocycles. The number of nitrogens with zero attached hydrogens (tertiary/aromatic N) is 6. The fourth-order valence-electron chi connectivity index (χ4n) is 1.99. The third-order valence-electron chi connectivity index (χ3n) is 2.70. The van der Waals surface area contributed by atoms with Gasteiger partial charge in [0.25, 0.3) is 5.95 Å². The predicted octanol–water partition coefficient (Wildman–Crippen LogP) is 2.47. The molecule has 2 aromatic heterocycles. The summed E-state index contributed by atoms with van der Waals surface area (Å²) in [5.41, 5.74) is 3.18. The van der Waals surface area contributed by atoms with Crippen LogP contribution in [0, 0.1) is 13.8 Å². The van der Waals surface area contributed by atoms with Gasteiger partial charge in [-0.2, -0.15) is 24.7 Å². The predicted molar refractivity (Wildman–Crippen MR) is 79.0 cm³/mol. The summed E-state index contributed by atoms with van der Waals surface area (Å²) >= 11 is 5.93. The summed E-state index contributed by atoms with van der Waals surface area (Å²) in [6.45, 7) is 4.05. The van der Waals surface area contributed by atoms with E-state index in [0.717, 1.165) is 16.8 Å². The molecule has 0 saturated carbocycles. The zero-order valence-corrected chi connectivity index (χ0v) is 12.2. The van der Waals surface area contributed by atoms with Crippen molar-refractivity contribution < 1.29 is 0 Å². The highest BCUT2D eigenvalue weighted by Gasteiger charge is 2.08. The van der Waals surface area contributed by atoms with Gasteiger partial charge < -0.3 is 5.32 Å². The monoisotopic (exact) mass is 301 g/mol. The number of rotatable bonds is 3. The SMILES string of the molecule is Cc1cc(C)cc(Nc2nc(Cl)nc(-n3cncn3)n2)c1. The zero-order valence-electron chi connectivity index (χ0n) is 11.4. The highest BCUT2D eigenvalue weighted by atomic mass is 35.5. The summed E-state index contributed by atoms with van der Waals surface area (Å²) in [6.07, 6.45) is 2.89. The van der Waals surface area contributed by atoms with Crippen LogP contribution in [0.3, 0.4) is 0 Å². The molecule has 1 N–H and O–H groups in total. The molecule has 0 aliphatic rings. The van der Waals surface area contributed by atoms with Crippen molar-refractivity contribution in [3.63, 3.8) is 0 Å². The topological polar surface area (TPSA) is 81.4 Å². The molecule has 0 unspecified atom stereocenters. The van der Waals surface area contributed by atoms with Crippen LogP contribution in [0.25, 0.3) is 5.95 Å². The number of halogens is 1. The molecule has 3 rings (SSSR count). The second-order valence-electron chi connectivity index (χ2n) is 4.57. The molecule has 0 bridgehead atoms. The van der Waals surface area contributed by atoms with Gasteiger partial charge in [0.1, 0.15) is 12.7 Å². The summed E-state index contributed by atoms with van der Waals surface area (Å²) in [4.78, 5) is 16.2. The Bertz CT molecular complexity index is 750. The largest absolute Gasteiger partial charge is 0.324 e. The molecule has 8 heteroatoms. The van der Waals surface area contributed by atoms with E-state index in [-0.39, 0.29) is 5.28 Å². The molecule has 3 aromatic rings. The Morgan fingerprint density at radius 2 is 1.81 bits per heavy atom. The minimum atomic E-state index is 0.0855. The number of aromatic nitrogens is 6. The smallest absolute Gasteiger partial charge is 0.258 e. The Hall–Kier alpha value is -2.54. The first-order valence-electron chi connectivity index (χ1n) is 6.22. The van der Waals surface area contributed by atoms with Crippen LogP contribution in [0.15, 0.2) is 30.9 Å². The second-order valence-corrected chi connectivity index (χ2v) is 4.91. The normalized spacial score (nSPS) is 10.6. The average Bonchev–Trinajstić information content (AvgIpc) is 2.90. The van der Waals surface area contributed by atoms with Crippen molar-refractivity contribution >= 4 is 23.2 Å². The molecule has 0 saturated heterocycles. The van der Waals surface area contributed by atoms with Crippen LogP contribution in [0.4, 0.5) is 11.6 Å². The number of benzene rings is 1. The van der Waals surface area contributed by atoms with Crippen LogP contribution >= 0.6 is 11.6 Å². The molecule has 0 amide bonds. The van der Waals surface area contributed by atoms with Crippen molar-refractivity contribution in [2.45, 2.75) is 13.8 Å². The van der Waals surface area contributed by atoms with Crippen LogP contribution in [0.5, 0.6) is 0 Å². The molecule has 106 valence electrons.